The Kier molecular flexibility index (Phi) is 5.00. The van der Waals surface area contributed by atoms with Gasteiger partial charge >= 0.3 is 7.12 Å². The van der Waals surface area contributed by atoms with Gasteiger partial charge in [0, 0.05) is 0 Å². The highest BCUT2D eigenvalue weighted by atomic mass is 16.4. The number of rotatable bonds is 4. The molecule has 100 valence electrons. The minimum absolute atomic E-state index is 0.388. The first-order chi connectivity index (χ1) is 8.25. The van der Waals surface area contributed by atoms with E-state index in [1.54, 1.807) is 0 Å². The molecule has 2 N–H and O–H groups in total. The summed E-state index contributed by atoms with van der Waals surface area (Å²) in [6.07, 6.45) is 0. The standard InChI is InChI=1S/C15H25BO2/c1-9(2)13-7-12(16(17)18)8-14(10(3)4)15(13)11(5)6/h7-11,17-18H,1-6H3. The van der Waals surface area contributed by atoms with Crippen LogP contribution in [0.2, 0.25) is 0 Å². The van der Waals surface area contributed by atoms with Crippen molar-refractivity contribution in [3.63, 3.8) is 0 Å². The number of hydrogen-bond acceptors (Lipinski definition) is 2. The molecule has 0 aliphatic rings. The fourth-order valence-corrected chi connectivity index (χ4v) is 2.49. The molecular formula is C15H25BO2. The molecule has 0 aromatic heterocycles. The Morgan fingerprint density at radius 3 is 1.39 bits per heavy atom. The van der Waals surface area contributed by atoms with Crippen LogP contribution in [-0.4, -0.2) is 17.2 Å². The van der Waals surface area contributed by atoms with E-state index in [1.807, 2.05) is 12.1 Å². The van der Waals surface area contributed by atoms with E-state index in [1.165, 1.54) is 16.7 Å². The zero-order valence-corrected chi connectivity index (χ0v) is 12.4. The molecule has 1 aromatic carbocycles. The van der Waals surface area contributed by atoms with E-state index in [9.17, 15) is 10.0 Å². The second-order valence-corrected chi connectivity index (χ2v) is 5.95. The van der Waals surface area contributed by atoms with Gasteiger partial charge < -0.3 is 10.0 Å². The maximum absolute atomic E-state index is 9.42. The van der Waals surface area contributed by atoms with Crippen LogP contribution in [0.25, 0.3) is 0 Å². The van der Waals surface area contributed by atoms with E-state index in [0.29, 0.717) is 23.2 Å². The van der Waals surface area contributed by atoms with Crippen LogP contribution in [0.4, 0.5) is 0 Å². The van der Waals surface area contributed by atoms with Crippen LogP contribution in [-0.2, 0) is 0 Å². The predicted molar refractivity (Wildman–Crippen MR) is 78.5 cm³/mol. The third-order valence-corrected chi connectivity index (χ3v) is 3.39. The monoisotopic (exact) mass is 248 g/mol. The van der Waals surface area contributed by atoms with Crippen LogP contribution in [0.5, 0.6) is 0 Å². The molecule has 1 rings (SSSR count). The van der Waals surface area contributed by atoms with Crippen molar-refractivity contribution in [2.75, 3.05) is 0 Å². The normalized spacial score (nSPS) is 11.7. The lowest BCUT2D eigenvalue weighted by Crippen LogP contribution is -2.31. The molecule has 0 saturated heterocycles. The summed E-state index contributed by atoms with van der Waals surface area (Å²) in [6.45, 7) is 13.0. The Hall–Kier alpha value is -0.795. The Balaban J connectivity index is 3.55. The quantitative estimate of drug-likeness (QED) is 0.804. The van der Waals surface area contributed by atoms with Gasteiger partial charge in [-0.3, -0.25) is 0 Å². The highest BCUT2D eigenvalue weighted by Gasteiger charge is 2.21. The van der Waals surface area contributed by atoms with Crippen LogP contribution >= 0.6 is 0 Å². The highest BCUT2D eigenvalue weighted by Crippen LogP contribution is 2.32. The lowest BCUT2D eigenvalue weighted by atomic mass is 9.73. The number of benzene rings is 1. The third kappa shape index (κ3) is 3.15. The molecule has 1 aromatic rings. The maximum Gasteiger partial charge on any atom is 0.488 e. The summed E-state index contributed by atoms with van der Waals surface area (Å²) in [7, 11) is -1.39. The zero-order valence-electron chi connectivity index (χ0n) is 12.4. The lowest BCUT2D eigenvalue weighted by molar-refractivity contribution is 0.425. The lowest BCUT2D eigenvalue weighted by Gasteiger charge is -2.24. The van der Waals surface area contributed by atoms with E-state index >= 15 is 0 Å². The van der Waals surface area contributed by atoms with E-state index < -0.39 is 7.12 Å². The summed E-state index contributed by atoms with van der Waals surface area (Å²) >= 11 is 0. The van der Waals surface area contributed by atoms with Crippen molar-refractivity contribution >= 4 is 12.6 Å². The first-order valence-electron chi connectivity index (χ1n) is 6.79. The van der Waals surface area contributed by atoms with Crippen LogP contribution in [0, 0.1) is 0 Å². The first-order valence-corrected chi connectivity index (χ1v) is 6.79. The molecule has 0 saturated carbocycles. The van der Waals surface area contributed by atoms with Gasteiger partial charge in [0.25, 0.3) is 0 Å². The van der Waals surface area contributed by atoms with Crippen molar-refractivity contribution in [3.05, 3.63) is 28.8 Å². The Bertz CT molecular complexity index is 380. The van der Waals surface area contributed by atoms with Gasteiger partial charge in [-0.15, -0.1) is 0 Å². The molecule has 3 heteroatoms. The molecule has 0 atom stereocenters. The minimum Gasteiger partial charge on any atom is -0.423 e. The predicted octanol–water partition coefficient (Wildman–Crippen LogP) is 2.74. The van der Waals surface area contributed by atoms with Gasteiger partial charge in [0.05, 0.1) is 0 Å². The Morgan fingerprint density at radius 2 is 1.17 bits per heavy atom. The van der Waals surface area contributed by atoms with Crippen molar-refractivity contribution < 1.29 is 10.0 Å². The van der Waals surface area contributed by atoms with Crippen LogP contribution in [0.3, 0.4) is 0 Å². The minimum atomic E-state index is -1.39. The van der Waals surface area contributed by atoms with Gasteiger partial charge in [-0.1, -0.05) is 53.7 Å². The van der Waals surface area contributed by atoms with Crippen molar-refractivity contribution in [2.24, 2.45) is 0 Å². The molecular weight excluding hydrogens is 223 g/mol. The van der Waals surface area contributed by atoms with Crippen LogP contribution < -0.4 is 5.46 Å². The molecule has 0 aliphatic carbocycles. The van der Waals surface area contributed by atoms with Gasteiger partial charge in [0.15, 0.2) is 0 Å². The van der Waals surface area contributed by atoms with Gasteiger partial charge in [0.2, 0.25) is 0 Å². The second-order valence-electron chi connectivity index (χ2n) is 5.95. The van der Waals surface area contributed by atoms with Crippen LogP contribution in [0.15, 0.2) is 12.1 Å². The molecule has 0 amide bonds. The molecule has 0 aliphatic heterocycles. The Labute approximate surface area is 111 Å². The van der Waals surface area contributed by atoms with Gasteiger partial charge in [-0.2, -0.15) is 0 Å². The summed E-state index contributed by atoms with van der Waals surface area (Å²) in [5.74, 6) is 1.22. The van der Waals surface area contributed by atoms with E-state index in [4.69, 9.17) is 0 Å². The summed E-state index contributed by atoms with van der Waals surface area (Å²) in [5, 5.41) is 18.8. The van der Waals surface area contributed by atoms with Crippen molar-refractivity contribution in [2.45, 2.75) is 59.3 Å². The van der Waals surface area contributed by atoms with E-state index in [0.717, 1.165) is 0 Å². The number of hydrogen-bond donors (Lipinski definition) is 2. The highest BCUT2D eigenvalue weighted by molar-refractivity contribution is 6.58. The van der Waals surface area contributed by atoms with Crippen LogP contribution in [0.1, 0.15) is 76.0 Å². The SMILES string of the molecule is CC(C)c1cc(B(O)O)cc(C(C)C)c1C(C)C. The van der Waals surface area contributed by atoms with Crippen molar-refractivity contribution in [1.29, 1.82) is 0 Å². The Morgan fingerprint density at radius 1 is 0.778 bits per heavy atom. The topological polar surface area (TPSA) is 40.5 Å². The molecule has 0 bridgehead atoms. The zero-order chi connectivity index (χ0) is 14.0. The van der Waals surface area contributed by atoms with E-state index in [-0.39, 0.29) is 0 Å². The molecule has 0 fully saturated rings. The van der Waals surface area contributed by atoms with E-state index in [2.05, 4.69) is 41.5 Å². The average Bonchev–Trinajstić information content (AvgIpc) is 2.26. The maximum atomic E-state index is 9.42. The molecule has 0 heterocycles. The third-order valence-electron chi connectivity index (χ3n) is 3.39. The molecule has 2 nitrogen and oxygen atoms in total. The largest absolute Gasteiger partial charge is 0.488 e. The van der Waals surface area contributed by atoms with Gasteiger partial charge in [0.1, 0.15) is 0 Å². The van der Waals surface area contributed by atoms with Gasteiger partial charge in [-0.25, -0.2) is 0 Å². The first kappa shape index (κ1) is 15.3. The fraction of sp³-hybridized carbons (Fsp3) is 0.600. The molecule has 18 heavy (non-hydrogen) atoms. The summed E-state index contributed by atoms with van der Waals surface area (Å²) < 4.78 is 0. The molecule has 0 radical (unpaired) electrons. The molecule has 0 unspecified atom stereocenters. The van der Waals surface area contributed by atoms with Crippen molar-refractivity contribution in [1.82, 2.24) is 0 Å². The smallest absolute Gasteiger partial charge is 0.423 e. The average molecular weight is 248 g/mol. The fourth-order valence-electron chi connectivity index (χ4n) is 2.49. The summed E-state index contributed by atoms with van der Waals surface area (Å²) in [6, 6.07) is 3.88. The summed E-state index contributed by atoms with van der Waals surface area (Å²) in [4.78, 5) is 0. The van der Waals surface area contributed by atoms with Crippen molar-refractivity contribution in [3.8, 4) is 0 Å². The second kappa shape index (κ2) is 5.90. The van der Waals surface area contributed by atoms with Gasteiger partial charge in [-0.05, 0) is 39.9 Å². The summed E-state index contributed by atoms with van der Waals surface area (Å²) in [5.41, 5.74) is 4.44. The molecule has 0 spiro atoms.